The highest BCUT2D eigenvalue weighted by atomic mass is 15.2. The van der Waals surface area contributed by atoms with Crippen LogP contribution in [0.25, 0.3) is 39.1 Å². The van der Waals surface area contributed by atoms with E-state index in [1.807, 2.05) is 60.8 Å². The number of nitrogens with one attached hydrogen (secondary N) is 1. The smallest absolute Gasteiger partial charge is 0.0754 e. The monoisotopic (exact) mass is 791 g/mol. The molecule has 1 spiro atoms. The molecule has 62 heavy (non-hydrogen) atoms. The maximum atomic E-state index is 9.18. The molecule has 1 heterocycles. The summed E-state index contributed by atoms with van der Waals surface area (Å²) in [6.45, 7) is 0. The minimum absolute atomic E-state index is 0.399. The molecule has 1 aliphatic heterocycles. The molecule has 0 amide bonds. The van der Waals surface area contributed by atoms with Crippen molar-refractivity contribution in [3.63, 3.8) is 0 Å². The Morgan fingerprint density at radius 1 is 0.419 bits per heavy atom. The molecule has 9 aromatic rings. The van der Waals surface area contributed by atoms with Crippen LogP contribution in [-0.4, -0.2) is 11.9 Å². The standard InChI is InChI=1S/C59H41N3/c60-55(43-34-32-42(33-35-43)41-18-4-1-5-19-41)39-56(44-20-6-2-7-21-44)61-40-46-22-10-11-25-48(46)45-36-37-50-49-26-12-13-27-51(49)59(54(50)38-45)52-28-14-16-30-57(52)62(47-23-8-3-9-24-47)58-31-17-15-29-53(58)59/h1-40,60H/b56-39-,60-55?,61-40+. The van der Waals surface area contributed by atoms with Crippen molar-refractivity contribution in [1.29, 1.82) is 5.41 Å². The van der Waals surface area contributed by atoms with E-state index in [0.29, 0.717) is 5.71 Å². The molecule has 0 bridgehead atoms. The lowest BCUT2D eigenvalue weighted by atomic mass is 9.64. The second-order valence-corrected chi connectivity index (χ2v) is 15.9. The first-order valence-electron chi connectivity index (χ1n) is 21.1. The Kier molecular flexibility index (Phi) is 9.21. The van der Waals surface area contributed by atoms with Crippen molar-refractivity contribution in [2.75, 3.05) is 4.90 Å². The van der Waals surface area contributed by atoms with E-state index in [0.717, 1.165) is 50.3 Å². The first kappa shape index (κ1) is 36.9. The molecule has 1 N–H and O–H groups in total. The number of nitrogens with zero attached hydrogens (tertiary/aromatic N) is 2. The second-order valence-electron chi connectivity index (χ2n) is 15.9. The van der Waals surface area contributed by atoms with Crippen LogP contribution < -0.4 is 4.90 Å². The number of benzene rings is 9. The van der Waals surface area contributed by atoms with Gasteiger partial charge in [-0.2, -0.15) is 0 Å². The molecular formula is C59H41N3. The number of para-hydroxylation sites is 3. The lowest BCUT2D eigenvalue weighted by molar-refractivity contribution is 0.753. The average molecular weight is 792 g/mol. The van der Waals surface area contributed by atoms with E-state index in [1.165, 1.54) is 44.8 Å². The van der Waals surface area contributed by atoms with Crippen molar-refractivity contribution < 1.29 is 0 Å². The normalized spacial score (nSPS) is 13.4. The zero-order valence-corrected chi connectivity index (χ0v) is 34.0. The van der Waals surface area contributed by atoms with Crippen LogP contribution in [0.15, 0.2) is 242 Å². The number of aliphatic imine (C=N–C) groups is 1. The van der Waals surface area contributed by atoms with Crippen LogP contribution in [0.4, 0.5) is 17.1 Å². The summed E-state index contributed by atoms with van der Waals surface area (Å²) in [5, 5.41) is 9.18. The summed E-state index contributed by atoms with van der Waals surface area (Å²) >= 11 is 0. The van der Waals surface area contributed by atoms with Crippen molar-refractivity contribution in [3.8, 4) is 33.4 Å². The zero-order chi connectivity index (χ0) is 41.5. The number of rotatable bonds is 8. The van der Waals surface area contributed by atoms with E-state index in [-0.39, 0.29) is 0 Å². The molecule has 0 aromatic heterocycles. The van der Waals surface area contributed by atoms with Crippen molar-refractivity contribution in [1.82, 2.24) is 0 Å². The van der Waals surface area contributed by atoms with Gasteiger partial charge in [-0.3, -0.25) is 4.99 Å². The Hall–Kier alpha value is -8.14. The van der Waals surface area contributed by atoms with Crippen LogP contribution in [0, 0.1) is 5.41 Å². The Morgan fingerprint density at radius 3 is 1.63 bits per heavy atom. The molecule has 0 atom stereocenters. The third-order valence-electron chi connectivity index (χ3n) is 12.4. The third kappa shape index (κ3) is 6.14. The Labute approximate surface area is 362 Å². The Morgan fingerprint density at radius 2 is 0.935 bits per heavy atom. The molecule has 0 saturated carbocycles. The summed E-state index contributed by atoms with van der Waals surface area (Å²) in [5.41, 5.74) is 18.9. The maximum Gasteiger partial charge on any atom is 0.0754 e. The molecule has 292 valence electrons. The van der Waals surface area contributed by atoms with E-state index in [1.54, 1.807) is 0 Å². The summed E-state index contributed by atoms with van der Waals surface area (Å²) in [6.07, 6.45) is 3.83. The van der Waals surface area contributed by atoms with Gasteiger partial charge in [-0.05, 0) is 97.6 Å². The van der Waals surface area contributed by atoms with Crippen LogP contribution >= 0.6 is 0 Å². The van der Waals surface area contributed by atoms with Crippen LogP contribution in [0.5, 0.6) is 0 Å². The van der Waals surface area contributed by atoms with Crippen LogP contribution in [0.1, 0.15) is 38.9 Å². The lowest BCUT2D eigenvalue weighted by Crippen LogP contribution is -2.36. The number of hydrogen-bond donors (Lipinski definition) is 1. The Balaban J connectivity index is 1.03. The largest absolute Gasteiger partial charge is 0.310 e. The summed E-state index contributed by atoms with van der Waals surface area (Å²) in [7, 11) is 0. The molecule has 0 radical (unpaired) electrons. The minimum atomic E-state index is -0.549. The van der Waals surface area contributed by atoms with Crippen molar-refractivity contribution in [3.05, 3.63) is 276 Å². The first-order chi connectivity index (χ1) is 30.7. The van der Waals surface area contributed by atoms with Crippen molar-refractivity contribution >= 4 is 34.7 Å². The molecular weight excluding hydrogens is 751 g/mol. The highest BCUT2D eigenvalue weighted by Crippen LogP contribution is 2.63. The lowest BCUT2D eigenvalue weighted by Gasteiger charge is -2.45. The van der Waals surface area contributed by atoms with Crippen molar-refractivity contribution in [2.24, 2.45) is 4.99 Å². The fourth-order valence-corrected chi connectivity index (χ4v) is 9.64. The number of allylic oxidation sites excluding steroid dienone is 1. The molecule has 3 nitrogen and oxygen atoms in total. The molecule has 9 aromatic carbocycles. The van der Waals surface area contributed by atoms with Crippen molar-refractivity contribution in [2.45, 2.75) is 5.41 Å². The first-order valence-corrected chi connectivity index (χ1v) is 21.1. The maximum absolute atomic E-state index is 9.18. The molecule has 0 unspecified atom stereocenters. The zero-order valence-electron chi connectivity index (χ0n) is 34.0. The third-order valence-corrected chi connectivity index (χ3v) is 12.4. The van der Waals surface area contributed by atoms with E-state index >= 15 is 0 Å². The van der Waals surface area contributed by atoms with Crippen LogP contribution in [0.2, 0.25) is 0 Å². The molecule has 11 rings (SSSR count). The second kappa shape index (κ2) is 15.5. The summed E-state index contributed by atoms with van der Waals surface area (Å²) in [4.78, 5) is 7.58. The summed E-state index contributed by atoms with van der Waals surface area (Å²) in [5.74, 6) is 0. The van der Waals surface area contributed by atoms with Crippen LogP contribution in [0.3, 0.4) is 0 Å². The van der Waals surface area contributed by atoms with Gasteiger partial charge in [0.2, 0.25) is 0 Å². The molecule has 1 aliphatic carbocycles. The molecule has 2 aliphatic rings. The van der Waals surface area contributed by atoms with E-state index in [9.17, 15) is 5.41 Å². The SMILES string of the molecule is N=C(/C=C(\N=C\c1ccccc1-c1ccc2c(c1)C1(c3ccccc3-2)c2ccccc2N(c2ccccc2)c2ccccc21)c1ccccc1)c1ccc(-c2ccccc2)cc1. The predicted molar refractivity (Wildman–Crippen MR) is 258 cm³/mol. The van der Waals surface area contributed by atoms with Gasteiger partial charge in [-0.25, -0.2) is 0 Å². The highest BCUT2D eigenvalue weighted by Gasteiger charge is 2.51. The highest BCUT2D eigenvalue weighted by molar-refractivity contribution is 6.11. The molecule has 0 fully saturated rings. The fraction of sp³-hybridized carbons (Fsp3) is 0.0169. The predicted octanol–water partition coefficient (Wildman–Crippen LogP) is 14.7. The van der Waals surface area contributed by atoms with Gasteiger partial charge in [-0.15, -0.1) is 0 Å². The quantitative estimate of drug-likeness (QED) is 0.153. The van der Waals surface area contributed by atoms with E-state index in [4.69, 9.17) is 4.99 Å². The number of anilines is 3. The fourth-order valence-electron chi connectivity index (χ4n) is 9.64. The van der Waals surface area contributed by atoms with Crippen LogP contribution in [-0.2, 0) is 5.41 Å². The van der Waals surface area contributed by atoms with Gasteiger partial charge in [-0.1, -0.05) is 200 Å². The van der Waals surface area contributed by atoms with Gasteiger partial charge in [0, 0.05) is 23.0 Å². The minimum Gasteiger partial charge on any atom is -0.310 e. The van der Waals surface area contributed by atoms with E-state index < -0.39 is 5.41 Å². The molecule has 3 heteroatoms. The van der Waals surface area contributed by atoms with Gasteiger partial charge in [0.05, 0.1) is 28.2 Å². The van der Waals surface area contributed by atoms with Gasteiger partial charge in [0.25, 0.3) is 0 Å². The molecule has 0 saturated heterocycles. The number of fused-ring (bicyclic) bond motifs is 9. The van der Waals surface area contributed by atoms with Gasteiger partial charge in [0.15, 0.2) is 0 Å². The van der Waals surface area contributed by atoms with Gasteiger partial charge >= 0.3 is 0 Å². The van der Waals surface area contributed by atoms with Gasteiger partial charge in [0.1, 0.15) is 0 Å². The Bertz CT molecular complexity index is 3130. The van der Waals surface area contributed by atoms with Gasteiger partial charge < -0.3 is 10.3 Å². The average Bonchev–Trinajstić information content (AvgIpc) is 3.64. The van der Waals surface area contributed by atoms with E-state index in [2.05, 4.69) is 187 Å². The topological polar surface area (TPSA) is 39.5 Å². The summed E-state index contributed by atoms with van der Waals surface area (Å²) < 4.78 is 0. The number of hydrogen-bond acceptors (Lipinski definition) is 3. The summed E-state index contributed by atoms with van der Waals surface area (Å²) in [6, 6.07) is 81.7.